The van der Waals surface area contributed by atoms with Gasteiger partial charge in [-0.25, -0.2) is 4.98 Å². The minimum Gasteiger partial charge on any atom is -0.268 e. The second-order valence-electron chi connectivity index (χ2n) is 5.69. The fourth-order valence-electron chi connectivity index (χ4n) is 2.72. The number of nitrogens with zero attached hydrogens (tertiary/aromatic N) is 2. The lowest BCUT2D eigenvalue weighted by Crippen LogP contribution is -2.21. The SMILES string of the molecule is C=CCSc1nc2sc(CCC)c(C)c2c(=O)n1-c1ccc(Cl)cc1. The Balaban J connectivity index is 2.29. The van der Waals surface area contributed by atoms with Crippen LogP contribution < -0.4 is 5.56 Å². The number of fused-ring (bicyclic) bond motifs is 1. The molecule has 0 N–H and O–H groups in total. The van der Waals surface area contributed by atoms with Crippen LogP contribution in [0, 0.1) is 6.92 Å². The fraction of sp³-hybridized carbons (Fsp3) is 0.263. The van der Waals surface area contributed by atoms with Gasteiger partial charge in [0, 0.05) is 15.7 Å². The summed E-state index contributed by atoms with van der Waals surface area (Å²) in [6.45, 7) is 7.94. The summed E-state index contributed by atoms with van der Waals surface area (Å²) in [5.41, 5.74) is 1.82. The number of rotatable bonds is 6. The molecule has 3 nitrogen and oxygen atoms in total. The van der Waals surface area contributed by atoms with Crippen LogP contribution in [-0.2, 0) is 6.42 Å². The molecule has 3 aromatic rings. The number of aryl methyl sites for hydroxylation is 2. The highest BCUT2D eigenvalue weighted by Crippen LogP contribution is 2.31. The molecule has 0 unspecified atom stereocenters. The number of thiophene rings is 1. The van der Waals surface area contributed by atoms with Gasteiger partial charge in [0.25, 0.3) is 5.56 Å². The standard InChI is InChI=1S/C19H19ClN2OS2/c1-4-6-15-12(3)16-17(25-15)21-19(24-11-5-2)22(18(16)23)14-9-7-13(20)8-10-14/h5,7-10H,2,4,6,11H2,1,3H3. The molecular formula is C19H19ClN2OS2. The Bertz CT molecular complexity index is 974. The van der Waals surface area contributed by atoms with Crippen LogP contribution in [0.4, 0.5) is 0 Å². The van der Waals surface area contributed by atoms with E-state index in [1.807, 2.05) is 25.1 Å². The molecule has 0 saturated carbocycles. The second-order valence-corrected chi connectivity index (χ2v) is 8.20. The number of aromatic nitrogens is 2. The van der Waals surface area contributed by atoms with Gasteiger partial charge in [0.15, 0.2) is 5.16 Å². The van der Waals surface area contributed by atoms with E-state index in [-0.39, 0.29) is 5.56 Å². The summed E-state index contributed by atoms with van der Waals surface area (Å²) in [4.78, 5) is 20.2. The Morgan fingerprint density at radius 2 is 2.08 bits per heavy atom. The van der Waals surface area contributed by atoms with E-state index in [1.165, 1.54) is 16.6 Å². The van der Waals surface area contributed by atoms with Crippen LogP contribution in [0.2, 0.25) is 5.02 Å². The quantitative estimate of drug-likeness (QED) is 0.310. The Labute approximate surface area is 160 Å². The summed E-state index contributed by atoms with van der Waals surface area (Å²) in [6.07, 6.45) is 3.84. The van der Waals surface area contributed by atoms with Gasteiger partial charge < -0.3 is 0 Å². The van der Waals surface area contributed by atoms with Gasteiger partial charge in [0.2, 0.25) is 0 Å². The Morgan fingerprint density at radius 3 is 2.72 bits per heavy atom. The zero-order valence-electron chi connectivity index (χ0n) is 14.2. The van der Waals surface area contributed by atoms with Crippen molar-refractivity contribution in [2.45, 2.75) is 31.8 Å². The maximum absolute atomic E-state index is 13.3. The maximum Gasteiger partial charge on any atom is 0.267 e. The Morgan fingerprint density at radius 1 is 1.36 bits per heavy atom. The topological polar surface area (TPSA) is 34.9 Å². The highest BCUT2D eigenvalue weighted by atomic mass is 35.5. The minimum atomic E-state index is -0.0185. The minimum absolute atomic E-state index is 0.0185. The van der Waals surface area contributed by atoms with Gasteiger partial charge in [-0.3, -0.25) is 9.36 Å². The first-order valence-electron chi connectivity index (χ1n) is 8.11. The van der Waals surface area contributed by atoms with Crippen LogP contribution >= 0.6 is 34.7 Å². The zero-order valence-corrected chi connectivity index (χ0v) is 16.6. The zero-order chi connectivity index (χ0) is 18.0. The molecule has 130 valence electrons. The van der Waals surface area contributed by atoms with Crippen molar-refractivity contribution >= 4 is 44.9 Å². The Kier molecular flexibility index (Phi) is 5.67. The van der Waals surface area contributed by atoms with Crippen molar-refractivity contribution in [1.82, 2.24) is 9.55 Å². The molecule has 25 heavy (non-hydrogen) atoms. The molecule has 0 aliphatic carbocycles. The largest absolute Gasteiger partial charge is 0.268 e. The molecule has 0 saturated heterocycles. The van der Waals surface area contributed by atoms with E-state index in [1.54, 1.807) is 28.0 Å². The first kappa shape index (κ1) is 18.2. The van der Waals surface area contributed by atoms with Crippen LogP contribution in [-0.4, -0.2) is 15.3 Å². The number of thioether (sulfide) groups is 1. The molecule has 0 atom stereocenters. The fourth-order valence-corrected chi connectivity index (χ4v) is 4.92. The van der Waals surface area contributed by atoms with Gasteiger partial charge in [0.1, 0.15) is 4.83 Å². The molecule has 0 aliphatic rings. The third kappa shape index (κ3) is 3.54. The first-order valence-corrected chi connectivity index (χ1v) is 10.3. The van der Waals surface area contributed by atoms with Crippen LogP contribution in [0.1, 0.15) is 23.8 Å². The highest BCUT2D eigenvalue weighted by molar-refractivity contribution is 7.99. The average molecular weight is 391 g/mol. The number of hydrogen-bond donors (Lipinski definition) is 0. The third-order valence-corrected chi connectivity index (χ3v) is 6.36. The summed E-state index contributed by atoms with van der Waals surface area (Å²) < 4.78 is 1.68. The van der Waals surface area contributed by atoms with Gasteiger partial charge >= 0.3 is 0 Å². The van der Waals surface area contributed by atoms with E-state index < -0.39 is 0 Å². The van der Waals surface area contributed by atoms with Gasteiger partial charge in [-0.1, -0.05) is 42.8 Å². The average Bonchev–Trinajstić information content (AvgIpc) is 2.91. The van der Waals surface area contributed by atoms with Gasteiger partial charge in [-0.2, -0.15) is 0 Å². The summed E-state index contributed by atoms with van der Waals surface area (Å²) >= 11 is 9.14. The predicted molar refractivity (Wildman–Crippen MR) is 110 cm³/mol. The van der Waals surface area contributed by atoms with Gasteiger partial charge in [0.05, 0.1) is 11.1 Å². The lowest BCUT2D eigenvalue weighted by atomic mass is 10.1. The number of benzene rings is 1. The molecule has 1 aromatic carbocycles. The van der Waals surface area contributed by atoms with E-state index in [0.29, 0.717) is 15.9 Å². The summed E-state index contributed by atoms with van der Waals surface area (Å²) in [5, 5.41) is 2.05. The van der Waals surface area contributed by atoms with E-state index >= 15 is 0 Å². The van der Waals surface area contributed by atoms with Crippen molar-refractivity contribution in [3.63, 3.8) is 0 Å². The lowest BCUT2D eigenvalue weighted by molar-refractivity contribution is 0.823. The van der Waals surface area contributed by atoms with Gasteiger partial charge in [-0.05, 0) is 43.2 Å². The van der Waals surface area contributed by atoms with E-state index in [4.69, 9.17) is 16.6 Å². The highest BCUT2D eigenvalue weighted by Gasteiger charge is 2.18. The molecule has 0 radical (unpaired) electrons. The number of halogens is 1. The van der Waals surface area contributed by atoms with Crippen molar-refractivity contribution in [2.24, 2.45) is 0 Å². The Hall–Kier alpha value is -1.56. The second kappa shape index (κ2) is 7.77. The third-order valence-electron chi connectivity index (χ3n) is 3.92. The van der Waals surface area contributed by atoms with Crippen molar-refractivity contribution in [1.29, 1.82) is 0 Å². The summed E-state index contributed by atoms with van der Waals surface area (Å²) in [6, 6.07) is 7.28. The molecule has 0 spiro atoms. The van der Waals surface area contributed by atoms with Crippen LogP contribution in [0.15, 0.2) is 46.9 Å². The van der Waals surface area contributed by atoms with E-state index in [9.17, 15) is 4.79 Å². The van der Waals surface area contributed by atoms with E-state index in [0.717, 1.165) is 34.3 Å². The molecule has 0 aliphatic heterocycles. The molecule has 6 heteroatoms. The van der Waals surface area contributed by atoms with Crippen LogP contribution in [0.25, 0.3) is 15.9 Å². The van der Waals surface area contributed by atoms with Gasteiger partial charge in [-0.15, -0.1) is 17.9 Å². The number of hydrogen-bond acceptors (Lipinski definition) is 4. The maximum atomic E-state index is 13.3. The van der Waals surface area contributed by atoms with Crippen molar-refractivity contribution in [3.8, 4) is 5.69 Å². The van der Waals surface area contributed by atoms with Crippen molar-refractivity contribution in [3.05, 3.63) is 62.7 Å². The first-order chi connectivity index (χ1) is 12.1. The van der Waals surface area contributed by atoms with Crippen LogP contribution in [0.5, 0.6) is 0 Å². The molecule has 2 heterocycles. The molecule has 2 aromatic heterocycles. The van der Waals surface area contributed by atoms with Crippen molar-refractivity contribution in [2.75, 3.05) is 5.75 Å². The van der Waals surface area contributed by atoms with Crippen LogP contribution in [0.3, 0.4) is 0 Å². The molecule has 0 bridgehead atoms. The molecule has 0 fully saturated rings. The van der Waals surface area contributed by atoms with Crippen molar-refractivity contribution < 1.29 is 0 Å². The lowest BCUT2D eigenvalue weighted by Gasteiger charge is -2.11. The summed E-state index contributed by atoms with van der Waals surface area (Å²) in [5.74, 6) is 0.692. The predicted octanol–water partition coefficient (Wildman–Crippen LogP) is 5.64. The normalized spacial score (nSPS) is 11.2. The van der Waals surface area contributed by atoms with E-state index in [2.05, 4.69) is 13.5 Å². The summed E-state index contributed by atoms with van der Waals surface area (Å²) in [7, 11) is 0. The monoisotopic (exact) mass is 390 g/mol. The smallest absolute Gasteiger partial charge is 0.267 e. The molecule has 3 rings (SSSR count). The molecular weight excluding hydrogens is 372 g/mol. The molecule has 0 amide bonds.